The third-order valence-corrected chi connectivity index (χ3v) is 6.98. The number of hydrogen-bond acceptors (Lipinski definition) is 3. The number of aryl methyl sites for hydroxylation is 2. The molecule has 2 heterocycles. The monoisotopic (exact) mass is 391 g/mol. The molecule has 3 aromatic rings. The van der Waals surface area contributed by atoms with E-state index in [-0.39, 0.29) is 5.41 Å². The number of thiazole rings is 1. The highest BCUT2D eigenvalue weighted by Gasteiger charge is 2.29. The molecule has 0 N–H and O–H groups in total. The number of halogens is 1. The molecular formula is C21H26ClNS2. The van der Waals surface area contributed by atoms with Crippen molar-refractivity contribution < 1.29 is 0 Å². The molecular weight excluding hydrogens is 366 g/mol. The Balaban J connectivity index is 0.00000109. The van der Waals surface area contributed by atoms with Gasteiger partial charge in [-0.05, 0) is 61.4 Å². The zero-order chi connectivity index (χ0) is 18.6. The molecule has 134 valence electrons. The van der Waals surface area contributed by atoms with Gasteiger partial charge in [-0.3, -0.25) is 0 Å². The Morgan fingerprint density at radius 1 is 1.16 bits per heavy atom. The van der Waals surface area contributed by atoms with Crippen molar-refractivity contribution in [2.24, 2.45) is 0 Å². The van der Waals surface area contributed by atoms with Crippen LogP contribution in [0, 0.1) is 6.92 Å². The topological polar surface area (TPSA) is 12.9 Å². The van der Waals surface area contributed by atoms with Crippen LogP contribution < -0.4 is 0 Å². The van der Waals surface area contributed by atoms with Crippen LogP contribution in [0.2, 0.25) is 5.02 Å². The molecule has 0 fully saturated rings. The van der Waals surface area contributed by atoms with Crippen LogP contribution in [0.3, 0.4) is 0 Å². The highest BCUT2D eigenvalue weighted by molar-refractivity contribution is 7.21. The fourth-order valence-electron chi connectivity index (χ4n) is 2.79. The maximum Gasteiger partial charge on any atom is 0.103 e. The van der Waals surface area contributed by atoms with Crippen LogP contribution in [0.15, 0.2) is 35.8 Å². The van der Waals surface area contributed by atoms with Crippen LogP contribution in [0.4, 0.5) is 0 Å². The first-order valence-corrected chi connectivity index (χ1v) is 10.8. The standard InChI is InChI=1S/C19H20ClNS2.C2H6/c1-5-13-10-15(20)14(9-12(13)2)19(3,4)18-21-11-17(23-18)16-7-6-8-22-16;1-2/h6-11H,5H2,1-4H3;1-2H3. The van der Waals surface area contributed by atoms with E-state index in [0.29, 0.717) is 0 Å². The maximum absolute atomic E-state index is 6.60. The molecule has 25 heavy (non-hydrogen) atoms. The Morgan fingerprint density at radius 3 is 2.48 bits per heavy atom. The van der Waals surface area contributed by atoms with Crippen molar-refractivity contribution in [1.82, 2.24) is 4.98 Å². The Morgan fingerprint density at radius 2 is 1.88 bits per heavy atom. The molecule has 0 amide bonds. The van der Waals surface area contributed by atoms with Crippen molar-refractivity contribution in [3.05, 3.63) is 62.6 Å². The summed E-state index contributed by atoms with van der Waals surface area (Å²) in [6.07, 6.45) is 2.99. The molecule has 3 rings (SSSR count). The van der Waals surface area contributed by atoms with Gasteiger partial charge in [0.25, 0.3) is 0 Å². The lowest BCUT2D eigenvalue weighted by Gasteiger charge is -2.25. The summed E-state index contributed by atoms with van der Waals surface area (Å²) in [4.78, 5) is 7.19. The van der Waals surface area contributed by atoms with Gasteiger partial charge in [-0.25, -0.2) is 4.98 Å². The molecule has 0 aliphatic rings. The first kappa shape index (κ1) is 20.2. The SMILES string of the molecule is CC.CCc1cc(Cl)c(C(C)(C)c2ncc(-c3cccs3)s2)cc1C. The molecule has 0 unspecified atom stereocenters. The summed E-state index contributed by atoms with van der Waals surface area (Å²) in [5.41, 5.74) is 3.57. The zero-order valence-electron chi connectivity index (χ0n) is 15.8. The smallest absolute Gasteiger partial charge is 0.103 e. The molecule has 0 radical (unpaired) electrons. The summed E-state index contributed by atoms with van der Waals surface area (Å²) in [6.45, 7) is 12.7. The molecule has 0 saturated heterocycles. The van der Waals surface area contributed by atoms with E-state index in [2.05, 4.69) is 57.3 Å². The third kappa shape index (κ3) is 4.16. The Bertz CT molecular complexity index is 817. The van der Waals surface area contributed by atoms with Gasteiger partial charge < -0.3 is 0 Å². The van der Waals surface area contributed by atoms with Gasteiger partial charge in [-0.15, -0.1) is 22.7 Å². The van der Waals surface area contributed by atoms with Crippen molar-refractivity contribution in [3.63, 3.8) is 0 Å². The van der Waals surface area contributed by atoms with Crippen molar-refractivity contribution in [2.75, 3.05) is 0 Å². The Labute approximate surface area is 164 Å². The average Bonchev–Trinajstić information content (AvgIpc) is 3.29. The van der Waals surface area contributed by atoms with E-state index in [0.717, 1.165) is 22.0 Å². The fraction of sp³-hybridized carbons (Fsp3) is 0.381. The zero-order valence-corrected chi connectivity index (χ0v) is 18.2. The lowest BCUT2D eigenvalue weighted by atomic mass is 9.83. The minimum atomic E-state index is -0.200. The van der Waals surface area contributed by atoms with E-state index in [1.807, 2.05) is 20.0 Å². The quantitative estimate of drug-likeness (QED) is 0.443. The van der Waals surface area contributed by atoms with Gasteiger partial charge in [0.1, 0.15) is 5.01 Å². The van der Waals surface area contributed by atoms with Crippen LogP contribution in [-0.4, -0.2) is 4.98 Å². The number of benzene rings is 1. The molecule has 0 spiro atoms. The van der Waals surface area contributed by atoms with E-state index in [1.165, 1.54) is 20.9 Å². The summed E-state index contributed by atoms with van der Waals surface area (Å²) >= 11 is 10.1. The number of nitrogens with zero attached hydrogens (tertiary/aromatic N) is 1. The van der Waals surface area contributed by atoms with E-state index in [4.69, 9.17) is 16.6 Å². The van der Waals surface area contributed by atoms with Crippen molar-refractivity contribution in [1.29, 1.82) is 0 Å². The summed E-state index contributed by atoms with van der Waals surface area (Å²) < 4.78 is 0. The summed E-state index contributed by atoms with van der Waals surface area (Å²) in [6, 6.07) is 8.56. The predicted molar refractivity (Wildman–Crippen MR) is 114 cm³/mol. The van der Waals surface area contributed by atoms with Gasteiger partial charge >= 0.3 is 0 Å². The lowest BCUT2D eigenvalue weighted by Crippen LogP contribution is -2.19. The molecule has 0 saturated carbocycles. The van der Waals surface area contributed by atoms with E-state index in [9.17, 15) is 0 Å². The second-order valence-corrected chi connectivity index (χ2v) is 8.63. The predicted octanol–water partition coefficient (Wildman–Crippen LogP) is 7.75. The van der Waals surface area contributed by atoms with Gasteiger partial charge in [0.2, 0.25) is 0 Å². The van der Waals surface area contributed by atoms with Crippen LogP contribution >= 0.6 is 34.3 Å². The van der Waals surface area contributed by atoms with Crippen LogP contribution in [0.5, 0.6) is 0 Å². The second-order valence-electron chi connectivity index (χ2n) is 6.24. The minimum absolute atomic E-state index is 0.200. The molecule has 0 aliphatic heterocycles. The Kier molecular flexibility index (Phi) is 6.84. The second kappa shape index (κ2) is 8.48. The van der Waals surface area contributed by atoms with Crippen LogP contribution in [-0.2, 0) is 11.8 Å². The Hall–Kier alpha value is -1.16. The molecule has 1 nitrogen and oxygen atoms in total. The van der Waals surface area contributed by atoms with Gasteiger partial charge in [-0.2, -0.15) is 0 Å². The number of aromatic nitrogens is 1. The van der Waals surface area contributed by atoms with Crippen molar-refractivity contribution in [2.45, 2.75) is 53.4 Å². The minimum Gasteiger partial charge on any atom is -0.248 e. The summed E-state index contributed by atoms with van der Waals surface area (Å²) in [7, 11) is 0. The molecule has 0 bridgehead atoms. The fourth-order valence-corrected chi connectivity index (χ4v) is 5.07. The first-order chi connectivity index (χ1) is 11.9. The van der Waals surface area contributed by atoms with Crippen LogP contribution in [0.1, 0.15) is 56.3 Å². The number of thiophene rings is 1. The van der Waals surface area contributed by atoms with Crippen molar-refractivity contribution in [3.8, 4) is 9.75 Å². The van der Waals surface area contributed by atoms with E-state index < -0.39 is 0 Å². The van der Waals surface area contributed by atoms with Crippen LogP contribution in [0.25, 0.3) is 9.75 Å². The molecule has 0 atom stereocenters. The highest BCUT2D eigenvalue weighted by atomic mass is 35.5. The normalized spacial score (nSPS) is 11.2. The summed E-state index contributed by atoms with van der Waals surface area (Å²) in [5.74, 6) is 0. The summed E-state index contributed by atoms with van der Waals surface area (Å²) in [5, 5.41) is 4.04. The number of rotatable bonds is 4. The lowest BCUT2D eigenvalue weighted by molar-refractivity contribution is 0.634. The third-order valence-electron chi connectivity index (χ3n) is 4.28. The van der Waals surface area contributed by atoms with Gasteiger partial charge in [0, 0.05) is 21.5 Å². The van der Waals surface area contributed by atoms with E-state index >= 15 is 0 Å². The first-order valence-electron chi connectivity index (χ1n) is 8.73. The molecule has 2 aromatic heterocycles. The van der Waals surface area contributed by atoms with Gasteiger partial charge in [-0.1, -0.05) is 44.5 Å². The van der Waals surface area contributed by atoms with Crippen molar-refractivity contribution >= 4 is 34.3 Å². The van der Waals surface area contributed by atoms with E-state index in [1.54, 1.807) is 22.7 Å². The number of hydrogen-bond donors (Lipinski definition) is 0. The molecule has 0 aliphatic carbocycles. The molecule has 4 heteroatoms. The average molecular weight is 392 g/mol. The largest absolute Gasteiger partial charge is 0.248 e. The maximum atomic E-state index is 6.60. The molecule has 1 aromatic carbocycles. The van der Waals surface area contributed by atoms with Gasteiger partial charge in [0.05, 0.1) is 4.88 Å². The van der Waals surface area contributed by atoms with Gasteiger partial charge in [0.15, 0.2) is 0 Å². The highest BCUT2D eigenvalue weighted by Crippen LogP contribution is 2.41.